The van der Waals surface area contributed by atoms with Crippen molar-refractivity contribution in [3.63, 3.8) is 0 Å². The summed E-state index contributed by atoms with van der Waals surface area (Å²) >= 11 is 2.08. The second-order valence-corrected chi connectivity index (χ2v) is 3.76. The monoisotopic (exact) mass is 330 g/mol. The lowest BCUT2D eigenvalue weighted by atomic mass is 10.2. The third kappa shape index (κ3) is 12.2. The van der Waals surface area contributed by atoms with Crippen LogP contribution in [-0.2, 0) is 19.0 Å². The van der Waals surface area contributed by atoms with Crippen LogP contribution in [0.4, 0.5) is 0 Å². The Bertz CT molecular complexity index is 152. The van der Waals surface area contributed by atoms with Crippen LogP contribution in [0.2, 0.25) is 0 Å². The highest BCUT2D eigenvalue weighted by Crippen LogP contribution is 1.95. The molecule has 0 aromatic carbocycles. The molecule has 0 aliphatic heterocycles. The summed E-state index contributed by atoms with van der Waals surface area (Å²) in [5.74, 6) is 0.288. The molecule has 0 N–H and O–H groups in total. The van der Waals surface area contributed by atoms with Gasteiger partial charge in [-0.15, -0.1) is 0 Å². The SMILES string of the molecule is COCCOCCOCCCC(=O)CI. The summed E-state index contributed by atoms with van der Waals surface area (Å²) in [6.45, 7) is 3.03. The third-order valence-electron chi connectivity index (χ3n) is 1.70. The lowest BCUT2D eigenvalue weighted by Gasteiger charge is -2.04. The van der Waals surface area contributed by atoms with Gasteiger partial charge in [0.1, 0.15) is 5.78 Å². The number of halogens is 1. The summed E-state index contributed by atoms with van der Waals surface area (Å²) < 4.78 is 15.9. The van der Waals surface area contributed by atoms with E-state index in [9.17, 15) is 4.79 Å². The van der Waals surface area contributed by atoms with Crippen LogP contribution < -0.4 is 0 Å². The van der Waals surface area contributed by atoms with Gasteiger partial charge in [-0.25, -0.2) is 0 Å². The van der Waals surface area contributed by atoms with Crippen molar-refractivity contribution in [1.29, 1.82) is 0 Å². The minimum atomic E-state index is 0.288. The van der Waals surface area contributed by atoms with E-state index >= 15 is 0 Å². The Balaban J connectivity index is 2.95. The predicted octanol–water partition coefficient (Wildman–Crippen LogP) is 1.45. The van der Waals surface area contributed by atoms with Crippen LogP contribution in [0.5, 0.6) is 0 Å². The fraction of sp³-hybridized carbons (Fsp3) is 0.900. The molecule has 90 valence electrons. The molecule has 0 radical (unpaired) electrons. The van der Waals surface area contributed by atoms with Gasteiger partial charge in [0.25, 0.3) is 0 Å². The van der Waals surface area contributed by atoms with Crippen LogP contribution in [0.1, 0.15) is 12.8 Å². The maximum atomic E-state index is 10.9. The molecule has 5 heteroatoms. The minimum absolute atomic E-state index is 0.288. The average Bonchev–Trinajstić information content (AvgIpc) is 2.26. The van der Waals surface area contributed by atoms with Crippen LogP contribution in [0.15, 0.2) is 0 Å². The molecule has 0 aliphatic rings. The van der Waals surface area contributed by atoms with Crippen molar-refractivity contribution in [2.24, 2.45) is 0 Å². The summed E-state index contributed by atoms with van der Waals surface area (Å²) in [6.07, 6.45) is 1.42. The topological polar surface area (TPSA) is 44.8 Å². The van der Waals surface area contributed by atoms with E-state index in [0.29, 0.717) is 43.9 Å². The van der Waals surface area contributed by atoms with Gasteiger partial charge in [-0.05, 0) is 6.42 Å². The van der Waals surface area contributed by atoms with E-state index in [4.69, 9.17) is 14.2 Å². The minimum Gasteiger partial charge on any atom is -0.382 e. The maximum absolute atomic E-state index is 10.9. The van der Waals surface area contributed by atoms with Gasteiger partial charge in [0.15, 0.2) is 0 Å². The number of carbonyl (C=O) groups is 1. The van der Waals surface area contributed by atoms with Crippen LogP contribution in [0, 0.1) is 0 Å². The van der Waals surface area contributed by atoms with Gasteiger partial charge < -0.3 is 14.2 Å². The fourth-order valence-corrected chi connectivity index (χ4v) is 1.28. The number of rotatable bonds is 11. The Morgan fingerprint density at radius 2 is 1.67 bits per heavy atom. The Labute approximate surface area is 105 Å². The first-order valence-electron chi connectivity index (χ1n) is 5.03. The number of Topliss-reactive ketones (excluding diaryl/α,β-unsaturated/α-hetero) is 1. The van der Waals surface area contributed by atoms with Crippen molar-refractivity contribution in [2.75, 3.05) is 44.6 Å². The molecule has 0 aromatic rings. The Kier molecular flexibility index (Phi) is 12.6. The molecule has 0 bridgehead atoms. The molecule has 0 saturated heterocycles. The smallest absolute Gasteiger partial charge is 0.142 e. The van der Waals surface area contributed by atoms with E-state index in [0.717, 1.165) is 6.42 Å². The Hall–Kier alpha value is 0.280. The molecular formula is C10H19IO4. The van der Waals surface area contributed by atoms with Crippen molar-refractivity contribution in [1.82, 2.24) is 0 Å². The number of hydrogen-bond acceptors (Lipinski definition) is 4. The van der Waals surface area contributed by atoms with Gasteiger partial charge in [-0.1, -0.05) is 22.6 Å². The van der Waals surface area contributed by atoms with Gasteiger partial charge in [0.05, 0.1) is 30.9 Å². The van der Waals surface area contributed by atoms with Crippen molar-refractivity contribution in [3.05, 3.63) is 0 Å². The van der Waals surface area contributed by atoms with Crippen LogP contribution in [0.25, 0.3) is 0 Å². The number of methoxy groups -OCH3 is 1. The number of carbonyl (C=O) groups excluding carboxylic acids is 1. The van der Waals surface area contributed by atoms with Crippen molar-refractivity contribution >= 4 is 28.4 Å². The third-order valence-corrected chi connectivity index (χ3v) is 2.55. The van der Waals surface area contributed by atoms with Gasteiger partial charge >= 0.3 is 0 Å². The summed E-state index contributed by atoms with van der Waals surface area (Å²) in [7, 11) is 1.64. The highest BCUT2D eigenvalue weighted by atomic mass is 127. The maximum Gasteiger partial charge on any atom is 0.142 e. The average molecular weight is 330 g/mol. The Morgan fingerprint density at radius 1 is 1.07 bits per heavy atom. The van der Waals surface area contributed by atoms with Gasteiger partial charge in [0.2, 0.25) is 0 Å². The largest absolute Gasteiger partial charge is 0.382 e. The summed E-state index contributed by atoms with van der Waals surface area (Å²) in [5, 5.41) is 0. The number of ether oxygens (including phenoxy) is 3. The summed E-state index contributed by atoms with van der Waals surface area (Å²) in [4.78, 5) is 10.9. The molecule has 4 nitrogen and oxygen atoms in total. The quantitative estimate of drug-likeness (QED) is 0.327. The molecule has 0 unspecified atom stereocenters. The molecule has 0 heterocycles. The number of ketones is 1. The lowest BCUT2D eigenvalue weighted by molar-refractivity contribution is -0.116. The van der Waals surface area contributed by atoms with Crippen LogP contribution in [0.3, 0.4) is 0 Å². The second-order valence-electron chi connectivity index (χ2n) is 2.99. The van der Waals surface area contributed by atoms with Gasteiger partial charge in [-0.2, -0.15) is 0 Å². The molecule has 0 amide bonds. The molecule has 0 atom stereocenters. The molecule has 0 saturated carbocycles. The first kappa shape index (κ1) is 15.3. The van der Waals surface area contributed by atoms with Crippen LogP contribution in [-0.4, -0.2) is 50.4 Å². The molecule has 0 spiro atoms. The zero-order chi connectivity index (χ0) is 11.4. The molecule has 0 aliphatic carbocycles. The molecule has 0 rings (SSSR count). The summed E-state index contributed by atoms with van der Waals surface area (Å²) in [5.41, 5.74) is 0. The molecule has 0 aromatic heterocycles. The predicted molar refractivity (Wildman–Crippen MR) is 66.6 cm³/mol. The van der Waals surface area contributed by atoms with E-state index in [2.05, 4.69) is 22.6 Å². The molecular weight excluding hydrogens is 311 g/mol. The summed E-state index contributed by atoms with van der Waals surface area (Å²) in [6, 6.07) is 0. The Morgan fingerprint density at radius 3 is 2.27 bits per heavy atom. The number of alkyl halides is 1. The van der Waals surface area contributed by atoms with E-state index in [1.807, 2.05) is 0 Å². The van der Waals surface area contributed by atoms with E-state index < -0.39 is 0 Å². The van der Waals surface area contributed by atoms with E-state index in [1.165, 1.54) is 0 Å². The van der Waals surface area contributed by atoms with Gasteiger partial charge in [-0.3, -0.25) is 4.79 Å². The first-order chi connectivity index (χ1) is 7.31. The number of hydrogen-bond donors (Lipinski definition) is 0. The fourth-order valence-electron chi connectivity index (χ4n) is 0.902. The van der Waals surface area contributed by atoms with Crippen molar-refractivity contribution in [3.8, 4) is 0 Å². The highest BCUT2D eigenvalue weighted by molar-refractivity contribution is 14.1. The standard InChI is InChI=1S/C10H19IO4/c1-13-5-6-15-8-7-14-4-2-3-10(12)9-11/h2-9H2,1H3. The molecule has 15 heavy (non-hydrogen) atoms. The zero-order valence-electron chi connectivity index (χ0n) is 9.17. The molecule has 0 fully saturated rings. The highest BCUT2D eigenvalue weighted by Gasteiger charge is 1.98. The first-order valence-corrected chi connectivity index (χ1v) is 6.56. The van der Waals surface area contributed by atoms with Gasteiger partial charge in [0, 0.05) is 20.1 Å². The lowest BCUT2D eigenvalue weighted by Crippen LogP contribution is -2.09. The second kappa shape index (κ2) is 12.4. The van der Waals surface area contributed by atoms with E-state index in [1.54, 1.807) is 7.11 Å². The van der Waals surface area contributed by atoms with Crippen molar-refractivity contribution < 1.29 is 19.0 Å². The zero-order valence-corrected chi connectivity index (χ0v) is 11.3. The van der Waals surface area contributed by atoms with Crippen molar-refractivity contribution in [2.45, 2.75) is 12.8 Å². The van der Waals surface area contributed by atoms with E-state index in [-0.39, 0.29) is 5.78 Å². The van der Waals surface area contributed by atoms with Crippen LogP contribution >= 0.6 is 22.6 Å². The normalized spacial score (nSPS) is 10.5.